The average Bonchev–Trinajstić information content (AvgIpc) is 2.74. The number of nitrogens with two attached hydrogens (primary N) is 1. The number of hydrogen-bond donors (Lipinski definition) is 2. The van der Waals surface area contributed by atoms with Crippen molar-refractivity contribution in [1.29, 1.82) is 0 Å². The number of nitrogens with zero attached hydrogens (tertiary/aromatic N) is 3. The van der Waals surface area contributed by atoms with E-state index in [4.69, 9.17) is 10.6 Å². The molecule has 1 heterocycles. The molecule has 0 aromatic carbocycles. The highest BCUT2D eigenvalue weighted by Gasteiger charge is 2.46. The Bertz CT molecular complexity index is 444. The van der Waals surface area contributed by atoms with Crippen LogP contribution in [0.15, 0.2) is 4.60 Å². The van der Waals surface area contributed by atoms with Gasteiger partial charge in [-0.15, -0.1) is 5.10 Å². The third-order valence-corrected chi connectivity index (χ3v) is 5.21. The Kier molecular flexibility index (Phi) is 4.53. The van der Waals surface area contributed by atoms with Crippen LogP contribution in [0.2, 0.25) is 0 Å². The van der Waals surface area contributed by atoms with E-state index in [1.807, 2.05) is 7.05 Å². The maximum absolute atomic E-state index is 5.93. The molecular weight excluding hydrogens is 322 g/mol. The van der Waals surface area contributed by atoms with Gasteiger partial charge in [0.25, 0.3) is 0 Å². The van der Waals surface area contributed by atoms with Gasteiger partial charge in [-0.2, -0.15) is 0 Å². The summed E-state index contributed by atoms with van der Waals surface area (Å²) in [5.74, 6) is 5.84. The standard InChI is InChI=1S/C13H24BrN5O/c1-12(2)5-7-13(20-4,8-6-12)10(16-15)9-11(14)17-18-19(9)3/h10,16H,5-8,15H2,1-4H3. The lowest BCUT2D eigenvalue weighted by Gasteiger charge is -2.46. The summed E-state index contributed by atoms with van der Waals surface area (Å²) in [5.41, 5.74) is 3.89. The highest BCUT2D eigenvalue weighted by Crippen LogP contribution is 2.47. The zero-order chi connectivity index (χ0) is 15.0. The van der Waals surface area contributed by atoms with Gasteiger partial charge in [-0.1, -0.05) is 19.1 Å². The first kappa shape index (κ1) is 15.9. The lowest BCUT2D eigenvalue weighted by Crippen LogP contribution is -2.51. The fourth-order valence-electron chi connectivity index (χ4n) is 3.09. The van der Waals surface area contributed by atoms with E-state index in [9.17, 15) is 0 Å². The van der Waals surface area contributed by atoms with Crippen molar-refractivity contribution in [3.8, 4) is 0 Å². The highest BCUT2D eigenvalue weighted by atomic mass is 79.9. The number of ether oxygens (including phenoxy) is 1. The second kappa shape index (κ2) is 5.71. The van der Waals surface area contributed by atoms with Crippen molar-refractivity contribution < 1.29 is 4.74 Å². The number of hydrogen-bond acceptors (Lipinski definition) is 5. The quantitative estimate of drug-likeness (QED) is 0.645. The lowest BCUT2D eigenvalue weighted by atomic mass is 9.68. The second-order valence-electron chi connectivity index (χ2n) is 6.42. The minimum atomic E-state index is -0.317. The summed E-state index contributed by atoms with van der Waals surface area (Å²) in [6.45, 7) is 4.61. The Morgan fingerprint density at radius 1 is 1.35 bits per heavy atom. The van der Waals surface area contributed by atoms with Gasteiger partial charge in [-0.25, -0.2) is 10.1 Å². The molecule has 1 unspecified atom stereocenters. The van der Waals surface area contributed by atoms with E-state index in [-0.39, 0.29) is 11.6 Å². The molecule has 114 valence electrons. The van der Waals surface area contributed by atoms with Crippen LogP contribution in [0.5, 0.6) is 0 Å². The molecule has 1 fully saturated rings. The predicted molar refractivity (Wildman–Crippen MR) is 80.8 cm³/mol. The van der Waals surface area contributed by atoms with Gasteiger partial charge in [-0.05, 0) is 47.0 Å². The van der Waals surface area contributed by atoms with Crippen LogP contribution >= 0.6 is 15.9 Å². The van der Waals surface area contributed by atoms with E-state index in [0.717, 1.165) is 31.4 Å². The largest absolute Gasteiger partial charge is 0.376 e. The Morgan fingerprint density at radius 2 is 1.95 bits per heavy atom. The van der Waals surface area contributed by atoms with Crippen LogP contribution in [-0.4, -0.2) is 27.7 Å². The second-order valence-corrected chi connectivity index (χ2v) is 7.17. The first-order valence-electron chi connectivity index (χ1n) is 6.91. The number of aromatic nitrogens is 3. The van der Waals surface area contributed by atoms with E-state index < -0.39 is 0 Å². The summed E-state index contributed by atoms with van der Waals surface area (Å²) < 4.78 is 8.38. The molecule has 1 aromatic rings. The van der Waals surface area contributed by atoms with Crippen molar-refractivity contribution in [3.63, 3.8) is 0 Å². The fourth-order valence-corrected chi connectivity index (χ4v) is 3.64. The Balaban J connectivity index is 2.34. The van der Waals surface area contributed by atoms with Crippen molar-refractivity contribution in [2.45, 2.75) is 51.2 Å². The van der Waals surface area contributed by atoms with E-state index in [1.165, 1.54) is 0 Å². The molecule has 2 rings (SSSR count). The molecule has 1 saturated carbocycles. The van der Waals surface area contributed by atoms with Crippen molar-refractivity contribution in [3.05, 3.63) is 10.3 Å². The molecule has 0 amide bonds. The summed E-state index contributed by atoms with van der Waals surface area (Å²) in [7, 11) is 3.63. The smallest absolute Gasteiger partial charge is 0.153 e. The number of aryl methyl sites for hydroxylation is 1. The maximum Gasteiger partial charge on any atom is 0.153 e. The highest BCUT2D eigenvalue weighted by molar-refractivity contribution is 9.10. The van der Waals surface area contributed by atoms with Gasteiger partial charge in [0.1, 0.15) is 0 Å². The monoisotopic (exact) mass is 345 g/mol. The zero-order valence-corrected chi connectivity index (χ0v) is 14.2. The van der Waals surface area contributed by atoms with Crippen molar-refractivity contribution >= 4 is 15.9 Å². The molecule has 7 heteroatoms. The van der Waals surface area contributed by atoms with Gasteiger partial charge in [0.05, 0.1) is 17.3 Å². The molecule has 0 radical (unpaired) electrons. The van der Waals surface area contributed by atoms with Gasteiger partial charge in [-0.3, -0.25) is 5.84 Å². The molecular formula is C13H24BrN5O. The zero-order valence-electron chi connectivity index (χ0n) is 12.6. The third-order valence-electron chi connectivity index (χ3n) is 4.65. The van der Waals surface area contributed by atoms with Gasteiger partial charge in [0, 0.05) is 14.2 Å². The van der Waals surface area contributed by atoms with Crippen molar-refractivity contribution in [1.82, 2.24) is 20.4 Å². The number of hydrazine groups is 1. The first-order valence-corrected chi connectivity index (χ1v) is 7.71. The minimum absolute atomic E-state index is 0.141. The number of nitrogens with one attached hydrogen (secondary N) is 1. The lowest BCUT2D eigenvalue weighted by molar-refractivity contribution is -0.0894. The van der Waals surface area contributed by atoms with Crippen LogP contribution in [0, 0.1) is 5.41 Å². The summed E-state index contributed by atoms with van der Waals surface area (Å²) in [5, 5.41) is 8.09. The minimum Gasteiger partial charge on any atom is -0.376 e. The molecule has 1 aliphatic carbocycles. The third kappa shape index (κ3) is 2.77. The van der Waals surface area contributed by atoms with Crippen LogP contribution < -0.4 is 11.3 Å². The van der Waals surface area contributed by atoms with Crippen LogP contribution in [0.4, 0.5) is 0 Å². The van der Waals surface area contributed by atoms with Crippen molar-refractivity contribution in [2.24, 2.45) is 18.3 Å². The normalized spacial score (nSPS) is 22.7. The Labute approximate surface area is 128 Å². The van der Waals surface area contributed by atoms with E-state index in [0.29, 0.717) is 10.0 Å². The number of rotatable bonds is 4. The summed E-state index contributed by atoms with van der Waals surface area (Å²) in [6, 6.07) is -0.141. The van der Waals surface area contributed by atoms with E-state index >= 15 is 0 Å². The van der Waals surface area contributed by atoms with Crippen LogP contribution in [-0.2, 0) is 11.8 Å². The summed E-state index contributed by atoms with van der Waals surface area (Å²) >= 11 is 3.46. The molecule has 6 nitrogen and oxygen atoms in total. The topological polar surface area (TPSA) is 78.0 Å². The predicted octanol–water partition coefficient (Wildman–Crippen LogP) is 2.07. The molecule has 0 aliphatic heterocycles. The number of halogens is 1. The number of methoxy groups -OCH3 is 1. The Hall–Kier alpha value is -0.500. The molecule has 0 bridgehead atoms. The van der Waals surface area contributed by atoms with Gasteiger partial charge >= 0.3 is 0 Å². The van der Waals surface area contributed by atoms with Gasteiger partial charge in [0.15, 0.2) is 4.60 Å². The molecule has 0 spiro atoms. The molecule has 1 aliphatic rings. The maximum atomic E-state index is 5.93. The average molecular weight is 346 g/mol. The molecule has 1 atom stereocenters. The summed E-state index contributed by atoms with van der Waals surface area (Å²) in [4.78, 5) is 0. The van der Waals surface area contributed by atoms with Crippen LogP contribution in [0.1, 0.15) is 51.3 Å². The van der Waals surface area contributed by atoms with Gasteiger partial charge in [0.2, 0.25) is 0 Å². The SMILES string of the molecule is COC1(C(NN)c2c(Br)nnn2C)CCC(C)(C)CC1. The first-order chi connectivity index (χ1) is 9.35. The molecule has 3 N–H and O–H groups in total. The van der Waals surface area contributed by atoms with Gasteiger partial charge < -0.3 is 4.74 Å². The van der Waals surface area contributed by atoms with E-state index in [2.05, 4.69) is 45.5 Å². The van der Waals surface area contributed by atoms with E-state index in [1.54, 1.807) is 11.8 Å². The van der Waals surface area contributed by atoms with Crippen LogP contribution in [0.3, 0.4) is 0 Å². The molecule has 20 heavy (non-hydrogen) atoms. The molecule has 1 aromatic heterocycles. The molecule has 0 saturated heterocycles. The Morgan fingerprint density at radius 3 is 2.35 bits per heavy atom. The van der Waals surface area contributed by atoms with Crippen LogP contribution in [0.25, 0.3) is 0 Å². The fraction of sp³-hybridized carbons (Fsp3) is 0.846. The summed E-state index contributed by atoms with van der Waals surface area (Å²) in [6.07, 6.45) is 4.15. The van der Waals surface area contributed by atoms with Crippen molar-refractivity contribution in [2.75, 3.05) is 7.11 Å².